The van der Waals surface area contributed by atoms with Crippen molar-refractivity contribution in [1.82, 2.24) is 15.3 Å². The summed E-state index contributed by atoms with van der Waals surface area (Å²) in [4.78, 5) is 11.9. The summed E-state index contributed by atoms with van der Waals surface area (Å²) in [6.45, 7) is 5.11. The number of anilines is 1. The number of hydrogen-bond acceptors (Lipinski definition) is 5. The van der Waals surface area contributed by atoms with Gasteiger partial charge in [-0.3, -0.25) is 0 Å². The molecule has 1 fully saturated rings. The molecule has 0 radical (unpaired) electrons. The van der Waals surface area contributed by atoms with Crippen molar-refractivity contribution in [2.24, 2.45) is 0 Å². The molecule has 1 N–H and O–H groups in total. The third kappa shape index (κ3) is 4.85. The largest absolute Gasteiger partial charge is 0.497 e. The smallest absolute Gasteiger partial charge is 0.226 e. The molecule has 1 aliphatic rings. The second-order valence-corrected chi connectivity index (χ2v) is 7.80. The molecule has 0 atom stereocenters. The number of aromatic nitrogens is 2. The maximum absolute atomic E-state index is 5.35. The fourth-order valence-electron chi connectivity index (χ4n) is 4.05. The van der Waals surface area contributed by atoms with E-state index in [0.29, 0.717) is 6.04 Å². The van der Waals surface area contributed by atoms with Gasteiger partial charge in [-0.05, 0) is 56.8 Å². The highest BCUT2D eigenvalue weighted by atomic mass is 16.5. The molecule has 0 bridgehead atoms. The number of ether oxygens (including phenoxy) is 1. The maximum atomic E-state index is 5.35. The van der Waals surface area contributed by atoms with Crippen LogP contribution in [-0.4, -0.2) is 42.8 Å². The summed E-state index contributed by atoms with van der Waals surface area (Å²) in [5, 5.41) is 4.82. The van der Waals surface area contributed by atoms with Gasteiger partial charge < -0.3 is 15.0 Å². The third-order valence-electron chi connectivity index (χ3n) is 5.78. The third-order valence-corrected chi connectivity index (χ3v) is 5.78. The van der Waals surface area contributed by atoms with E-state index < -0.39 is 0 Å². The van der Waals surface area contributed by atoms with Gasteiger partial charge in [-0.15, -0.1) is 0 Å². The molecule has 1 saturated heterocycles. The highest BCUT2D eigenvalue weighted by Gasteiger charge is 2.21. The number of nitrogens with one attached hydrogen (secondary N) is 1. The van der Waals surface area contributed by atoms with Crippen LogP contribution in [0.4, 0.5) is 5.95 Å². The number of benzene rings is 2. The molecular formula is C24H30N4O. The maximum Gasteiger partial charge on any atom is 0.226 e. The van der Waals surface area contributed by atoms with Crippen LogP contribution in [-0.2, 0) is 6.42 Å². The van der Waals surface area contributed by atoms with Gasteiger partial charge in [0.1, 0.15) is 5.75 Å². The Labute approximate surface area is 173 Å². The first-order chi connectivity index (χ1) is 14.2. The fourth-order valence-corrected chi connectivity index (χ4v) is 4.05. The second-order valence-electron chi connectivity index (χ2n) is 7.80. The number of hydrogen-bond donors (Lipinski definition) is 1. The van der Waals surface area contributed by atoms with Gasteiger partial charge in [0, 0.05) is 30.6 Å². The summed E-state index contributed by atoms with van der Waals surface area (Å²) >= 11 is 0. The Morgan fingerprint density at radius 3 is 2.62 bits per heavy atom. The lowest BCUT2D eigenvalue weighted by Gasteiger charge is -2.32. The lowest BCUT2D eigenvalue weighted by atomic mass is 10.0. The number of aryl methyl sites for hydroxylation is 2. The summed E-state index contributed by atoms with van der Waals surface area (Å²) in [6, 6.07) is 17.3. The zero-order valence-electron chi connectivity index (χ0n) is 17.4. The fraction of sp³-hybridized carbons (Fsp3) is 0.417. The van der Waals surface area contributed by atoms with Crippen LogP contribution in [0, 0.1) is 6.92 Å². The normalized spacial score (nSPS) is 15.0. The number of fused-ring (bicyclic) bond motifs is 1. The van der Waals surface area contributed by atoms with Gasteiger partial charge in [0.25, 0.3) is 0 Å². The van der Waals surface area contributed by atoms with E-state index in [2.05, 4.69) is 47.5 Å². The molecular weight excluding hydrogens is 360 g/mol. The summed E-state index contributed by atoms with van der Waals surface area (Å²) in [5.74, 6) is 1.67. The molecule has 0 amide bonds. The quantitative estimate of drug-likeness (QED) is 0.615. The molecule has 1 aromatic heterocycles. The number of rotatable bonds is 7. The molecule has 0 spiro atoms. The van der Waals surface area contributed by atoms with Crippen molar-refractivity contribution in [3.8, 4) is 5.75 Å². The van der Waals surface area contributed by atoms with Crippen LogP contribution < -0.4 is 15.0 Å². The average Bonchev–Trinajstić information content (AvgIpc) is 2.77. The molecule has 152 valence electrons. The lowest BCUT2D eigenvalue weighted by molar-refractivity contribution is 0.410. The van der Waals surface area contributed by atoms with Gasteiger partial charge in [0.05, 0.1) is 18.3 Å². The van der Waals surface area contributed by atoms with Gasteiger partial charge >= 0.3 is 0 Å². The van der Waals surface area contributed by atoms with Crippen LogP contribution in [0.5, 0.6) is 5.75 Å². The SMILES string of the molecule is COc1ccc2c(C)nc(N3CCC(NCCCc4ccccc4)CC3)nc2c1. The molecule has 0 aliphatic carbocycles. The average molecular weight is 391 g/mol. The van der Waals surface area contributed by atoms with E-state index in [1.165, 1.54) is 12.0 Å². The molecule has 0 unspecified atom stereocenters. The molecule has 5 nitrogen and oxygen atoms in total. The zero-order valence-corrected chi connectivity index (χ0v) is 17.4. The Kier molecular flexibility index (Phi) is 6.25. The zero-order chi connectivity index (χ0) is 20.1. The van der Waals surface area contributed by atoms with Crippen molar-refractivity contribution < 1.29 is 4.74 Å². The minimum absolute atomic E-state index is 0.587. The van der Waals surface area contributed by atoms with Crippen molar-refractivity contribution >= 4 is 16.9 Å². The van der Waals surface area contributed by atoms with Crippen molar-refractivity contribution in [2.75, 3.05) is 31.6 Å². The molecule has 1 aliphatic heterocycles. The molecule has 4 rings (SSSR count). The Morgan fingerprint density at radius 1 is 1.07 bits per heavy atom. The van der Waals surface area contributed by atoms with Crippen molar-refractivity contribution in [1.29, 1.82) is 0 Å². The van der Waals surface area contributed by atoms with Crippen LogP contribution in [0.1, 0.15) is 30.5 Å². The van der Waals surface area contributed by atoms with Gasteiger partial charge in [-0.25, -0.2) is 9.97 Å². The Morgan fingerprint density at radius 2 is 1.86 bits per heavy atom. The second kappa shape index (κ2) is 9.23. The predicted octanol–water partition coefficient (Wildman–Crippen LogP) is 4.14. The number of piperidine rings is 1. The predicted molar refractivity (Wildman–Crippen MR) is 119 cm³/mol. The van der Waals surface area contributed by atoms with E-state index in [4.69, 9.17) is 14.7 Å². The Bertz CT molecular complexity index is 936. The minimum atomic E-state index is 0.587. The summed E-state index contributed by atoms with van der Waals surface area (Å²) in [6.07, 6.45) is 4.58. The molecule has 2 heterocycles. The van der Waals surface area contributed by atoms with Gasteiger partial charge in [0.2, 0.25) is 5.95 Å². The van der Waals surface area contributed by atoms with Crippen LogP contribution in [0.15, 0.2) is 48.5 Å². The van der Waals surface area contributed by atoms with E-state index in [1.54, 1.807) is 7.11 Å². The first-order valence-electron chi connectivity index (χ1n) is 10.6. The van der Waals surface area contributed by atoms with Gasteiger partial charge in [-0.1, -0.05) is 30.3 Å². The Hall–Kier alpha value is -2.66. The van der Waals surface area contributed by atoms with Gasteiger partial charge in [-0.2, -0.15) is 0 Å². The number of nitrogens with zero attached hydrogens (tertiary/aromatic N) is 3. The summed E-state index contributed by atoms with van der Waals surface area (Å²) < 4.78 is 5.35. The van der Waals surface area contributed by atoms with E-state index in [1.807, 2.05) is 18.2 Å². The number of methoxy groups -OCH3 is 1. The standard InChI is InChI=1S/C24H30N4O/c1-18-22-11-10-21(29-2)17-23(22)27-24(26-18)28-15-12-20(13-16-28)25-14-6-9-19-7-4-3-5-8-19/h3-5,7-8,10-11,17,20,25H,6,9,12-16H2,1-2H3. The van der Waals surface area contributed by atoms with Crippen molar-refractivity contribution in [2.45, 2.75) is 38.6 Å². The molecule has 3 aromatic rings. The highest BCUT2D eigenvalue weighted by Crippen LogP contribution is 2.25. The monoisotopic (exact) mass is 390 g/mol. The van der Waals surface area contributed by atoms with Crippen LogP contribution >= 0.6 is 0 Å². The van der Waals surface area contributed by atoms with E-state index in [0.717, 1.165) is 67.2 Å². The topological polar surface area (TPSA) is 50.3 Å². The van der Waals surface area contributed by atoms with E-state index in [-0.39, 0.29) is 0 Å². The van der Waals surface area contributed by atoms with E-state index >= 15 is 0 Å². The highest BCUT2D eigenvalue weighted by molar-refractivity contribution is 5.83. The van der Waals surface area contributed by atoms with Crippen LogP contribution in [0.25, 0.3) is 10.9 Å². The summed E-state index contributed by atoms with van der Waals surface area (Å²) in [7, 11) is 1.69. The molecule has 0 saturated carbocycles. The molecule has 2 aromatic carbocycles. The first-order valence-corrected chi connectivity index (χ1v) is 10.6. The van der Waals surface area contributed by atoms with Crippen molar-refractivity contribution in [3.63, 3.8) is 0 Å². The molecule has 5 heteroatoms. The Balaban J connectivity index is 1.30. The minimum Gasteiger partial charge on any atom is -0.497 e. The first kappa shape index (κ1) is 19.6. The molecule has 29 heavy (non-hydrogen) atoms. The summed E-state index contributed by atoms with van der Waals surface area (Å²) in [5.41, 5.74) is 3.39. The lowest BCUT2D eigenvalue weighted by Crippen LogP contribution is -2.43. The van der Waals surface area contributed by atoms with Crippen molar-refractivity contribution in [3.05, 3.63) is 59.8 Å². The van der Waals surface area contributed by atoms with Gasteiger partial charge in [0.15, 0.2) is 0 Å². The van der Waals surface area contributed by atoms with Crippen LogP contribution in [0.3, 0.4) is 0 Å². The van der Waals surface area contributed by atoms with E-state index in [9.17, 15) is 0 Å². The van der Waals surface area contributed by atoms with Crippen LogP contribution in [0.2, 0.25) is 0 Å².